The molecule has 8 nitrogen and oxygen atoms in total. The fourth-order valence-electron chi connectivity index (χ4n) is 5.20. The highest BCUT2D eigenvalue weighted by molar-refractivity contribution is 5.76. The molecule has 2 saturated heterocycles. The van der Waals surface area contributed by atoms with Crippen LogP contribution in [-0.4, -0.2) is 72.5 Å². The molecule has 0 bridgehead atoms. The third-order valence-electron chi connectivity index (χ3n) is 7.46. The van der Waals surface area contributed by atoms with Crippen LogP contribution in [0.1, 0.15) is 66.2 Å². The SMILES string of the molecule is CCC(C)C(=O)OCC1=CCCC(C)=CC2OC(=O)C(CN3CCCCC3)C2C(O)C1OC(C)=O. The van der Waals surface area contributed by atoms with Crippen molar-refractivity contribution >= 4 is 17.9 Å². The molecule has 0 aromatic rings. The number of aliphatic hydroxyl groups is 1. The van der Waals surface area contributed by atoms with Crippen LogP contribution in [0, 0.1) is 17.8 Å². The molecule has 2 aliphatic heterocycles. The Morgan fingerprint density at radius 3 is 2.63 bits per heavy atom. The van der Waals surface area contributed by atoms with Crippen LogP contribution in [0.3, 0.4) is 0 Å². The van der Waals surface area contributed by atoms with Gasteiger partial charge in [-0.05, 0) is 58.2 Å². The number of ether oxygens (including phenoxy) is 3. The number of aliphatic hydroxyl groups excluding tert-OH is 1. The molecule has 3 aliphatic rings. The molecule has 0 aromatic carbocycles. The maximum absolute atomic E-state index is 13.0. The van der Waals surface area contributed by atoms with Gasteiger partial charge in [0.2, 0.25) is 0 Å². The summed E-state index contributed by atoms with van der Waals surface area (Å²) in [5.74, 6) is -2.60. The van der Waals surface area contributed by atoms with Crippen molar-refractivity contribution in [3.63, 3.8) is 0 Å². The first kappa shape index (κ1) is 27.4. The average Bonchev–Trinajstić information content (AvgIpc) is 3.12. The Morgan fingerprint density at radius 1 is 1.26 bits per heavy atom. The molecule has 6 unspecified atom stereocenters. The number of esters is 3. The molecule has 8 heteroatoms. The lowest BCUT2D eigenvalue weighted by atomic mass is 9.79. The summed E-state index contributed by atoms with van der Waals surface area (Å²) in [4.78, 5) is 39.7. The molecule has 1 aliphatic carbocycles. The molecule has 2 heterocycles. The van der Waals surface area contributed by atoms with Crippen LogP contribution in [-0.2, 0) is 28.6 Å². The van der Waals surface area contributed by atoms with Gasteiger partial charge in [-0.2, -0.15) is 0 Å². The first-order chi connectivity index (χ1) is 16.7. The summed E-state index contributed by atoms with van der Waals surface area (Å²) >= 11 is 0. The van der Waals surface area contributed by atoms with Gasteiger partial charge in [0, 0.05) is 25.0 Å². The summed E-state index contributed by atoms with van der Waals surface area (Å²) in [5.41, 5.74) is 1.59. The Balaban J connectivity index is 1.92. The van der Waals surface area contributed by atoms with Crippen molar-refractivity contribution in [2.24, 2.45) is 17.8 Å². The van der Waals surface area contributed by atoms with Crippen molar-refractivity contribution < 1.29 is 33.7 Å². The van der Waals surface area contributed by atoms with Gasteiger partial charge in [0.15, 0.2) is 6.10 Å². The van der Waals surface area contributed by atoms with Crippen LogP contribution in [0.2, 0.25) is 0 Å². The van der Waals surface area contributed by atoms with Crippen molar-refractivity contribution in [3.8, 4) is 0 Å². The van der Waals surface area contributed by atoms with E-state index in [9.17, 15) is 19.5 Å². The van der Waals surface area contributed by atoms with Crippen molar-refractivity contribution in [1.29, 1.82) is 0 Å². The summed E-state index contributed by atoms with van der Waals surface area (Å²) in [6, 6.07) is 0. The minimum atomic E-state index is -1.19. The number of carbonyl (C=O) groups excluding carboxylic acids is 3. The highest BCUT2D eigenvalue weighted by Gasteiger charge is 2.51. The van der Waals surface area contributed by atoms with Crippen LogP contribution in [0.15, 0.2) is 23.3 Å². The third-order valence-corrected chi connectivity index (χ3v) is 7.46. The largest absolute Gasteiger partial charge is 0.461 e. The molecule has 35 heavy (non-hydrogen) atoms. The van der Waals surface area contributed by atoms with Crippen molar-refractivity contribution in [1.82, 2.24) is 4.90 Å². The van der Waals surface area contributed by atoms with Crippen molar-refractivity contribution in [2.75, 3.05) is 26.2 Å². The van der Waals surface area contributed by atoms with Crippen LogP contribution in [0.4, 0.5) is 0 Å². The predicted molar refractivity (Wildman–Crippen MR) is 130 cm³/mol. The summed E-state index contributed by atoms with van der Waals surface area (Å²) in [7, 11) is 0. The van der Waals surface area contributed by atoms with Crippen LogP contribution >= 0.6 is 0 Å². The Bertz CT molecular complexity index is 829. The number of piperidine rings is 1. The Morgan fingerprint density at radius 2 is 1.97 bits per heavy atom. The molecule has 2 fully saturated rings. The van der Waals surface area contributed by atoms with Crippen molar-refractivity contribution in [3.05, 3.63) is 23.3 Å². The van der Waals surface area contributed by atoms with Gasteiger partial charge in [0.1, 0.15) is 18.8 Å². The fraction of sp³-hybridized carbons (Fsp3) is 0.741. The lowest BCUT2D eigenvalue weighted by Gasteiger charge is -2.35. The van der Waals surface area contributed by atoms with Gasteiger partial charge >= 0.3 is 17.9 Å². The second-order valence-corrected chi connectivity index (χ2v) is 10.2. The van der Waals surface area contributed by atoms with Gasteiger partial charge in [-0.25, -0.2) is 0 Å². The molecule has 196 valence electrons. The van der Waals surface area contributed by atoms with E-state index in [1.54, 1.807) is 6.92 Å². The number of fused-ring (bicyclic) bond motifs is 1. The minimum absolute atomic E-state index is 0.0794. The number of allylic oxidation sites excluding steroid dienone is 2. The van der Waals surface area contributed by atoms with Gasteiger partial charge in [-0.15, -0.1) is 0 Å². The molecule has 6 atom stereocenters. The zero-order valence-corrected chi connectivity index (χ0v) is 21.5. The molecule has 0 saturated carbocycles. The third kappa shape index (κ3) is 7.17. The lowest BCUT2D eigenvalue weighted by Crippen LogP contribution is -2.47. The average molecular weight is 492 g/mol. The highest BCUT2D eigenvalue weighted by atomic mass is 16.6. The highest BCUT2D eigenvalue weighted by Crippen LogP contribution is 2.38. The maximum Gasteiger partial charge on any atom is 0.311 e. The maximum atomic E-state index is 13.0. The van der Waals surface area contributed by atoms with Gasteiger partial charge in [-0.1, -0.05) is 31.9 Å². The van der Waals surface area contributed by atoms with E-state index < -0.39 is 36.1 Å². The number of nitrogens with zero attached hydrogens (tertiary/aromatic N) is 1. The number of hydrogen-bond acceptors (Lipinski definition) is 8. The Labute approximate surface area is 208 Å². The van der Waals surface area contributed by atoms with E-state index in [-0.39, 0.29) is 24.5 Å². The van der Waals surface area contributed by atoms with E-state index in [0.29, 0.717) is 31.4 Å². The zero-order valence-electron chi connectivity index (χ0n) is 21.5. The van der Waals surface area contributed by atoms with Crippen molar-refractivity contribution in [2.45, 2.75) is 84.5 Å². The second-order valence-electron chi connectivity index (χ2n) is 10.2. The van der Waals surface area contributed by atoms with Gasteiger partial charge < -0.3 is 24.2 Å². The van der Waals surface area contributed by atoms with E-state index in [1.165, 1.54) is 13.3 Å². The van der Waals surface area contributed by atoms with E-state index in [0.717, 1.165) is 31.5 Å². The van der Waals surface area contributed by atoms with Crippen LogP contribution < -0.4 is 0 Å². The van der Waals surface area contributed by atoms with E-state index >= 15 is 0 Å². The van der Waals surface area contributed by atoms with E-state index in [4.69, 9.17) is 14.2 Å². The summed E-state index contributed by atoms with van der Waals surface area (Å²) < 4.78 is 16.9. The van der Waals surface area contributed by atoms with Gasteiger partial charge in [-0.3, -0.25) is 14.4 Å². The quantitative estimate of drug-likeness (QED) is 0.329. The monoisotopic (exact) mass is 491 g/mol. The normalized spacial score (nSPS) is 30.9. The van der Waals surface area contributed by atoms with Crippen LogP contribution in [0.25, 0.3) is 0 Å². The summed E-state index contributed by atoms with van der Waals surface area (Å²) in [5, 5.41) is 11.7. The summed E-state index contributed by atoms with van der Waals surface area (Å²) in [6.45, 7) is 9.23. The number of hydrogen-bond donors (Lipinski definition) is 1. The molecule has 0 radical (unpaired) electrons. The van der Waals surface area contributed by atoms with Gasteiger partial charge in [0.25, 0.3) is 0 Å². The zero-order chi connectivity index (χ0) is 25.5. The second kappa shape index (κ2) is 12.7. The smallest absolute Gasteiger partial charge is 0.311 e. The fourth-order valence-corrected chi connectivity index (χ4v) is 5.20. The predicted octanol–water partition coefficient (Wildman–Crippen LogP) is 3.18. The Kier molecular flexibility index (Phi) is 9.92. The molecular weight excluding hydrogens is 450 g/mol. The Hall–Kier alpha value is -2.19. The summed E-state index contributed by atoms with van der Waals surface area (Å²) in [6.07, 6.45) is 6.31. The van der Waals surface area contributed by atoms with Crippen LogP contribution in [0.5, 0.6) is 0 Å². The molecule has 3 rings (SSSR count). The number of carbonyl (C=O) groups is 3. The molecule has 0 amide bonds. The topological polar surface area (TPSA) is 102 Å². The van der Waals surface area contributed by atoms with E-state index in [1.807, 2.05) is 26.0 Å². The molecule has 1 N–H and O–H groups in total. The minimum Gasteiger partial charge on any atom is -0.461 e. The lowest BCUT2D eigenvalue weighted by molar-refractivity contribution is -0.154. The number of rotatable bonds is 7. The van der Waals surface area contributed by atoms with E-state index in [2.05, 4.69) is 4.90 Å². The first-order valence-electron chi connectivity index (χ1n) is 13.0. The molecule has 0 spiro atoms. The molecular formula is C27H41NO7. The molecule has 0 aromatic heterocycles. The van der Waals surface area contributed by atoms with Gasteiger partial charge in [0.05, 0.1) is 11.8 Å². The standard InChI is InChI=1S/C27H41NO7/c1-5-18(3)26(31)33-16-20-11-9-10-17(2)14-22-23(24(30)25(20)34-19(4)29)21(27(32)35-22)15-28-12-7-6-8-13-28/h11,14,18,21-25,30H,5-10,12-13,15-16H2,1-4H3. The number of likely N-dealkylation sites (tertiary alicyclic amines) is 1. The first-order valence-corrected chi connectivity index (χ1v) is 13.0.